The molecule has 24 heavy (non-hydrogen) atoms. The minimum absolute atomic E-state index is 0.101. The van der Waals surface area contributed by atoms with Crippen molar-refractivity contribution in [2.45, 2.75) is 56.2 Å². The summed E-state index contributed by atoms with van der Waals surface area (Å²) in [7, 11) is 0. The highest BCUT2D eigenvalue weighted by atomic mass is 32.2. The number of hydroxylamine groups is 2. The summed E-state index contributed by atoms with van der Waals surface area (Å²) >= 11 is 1.80. The Balaban J connectivity index is 1.57. The summed E-state index contributed by atoms with van der Waals surface area (Å²) < 4.78 is 0. The van der Waals surface area contributed by atoms with Crippen molar-refractivity contribution in [1.29, 1.82) is 0 Å². The Morgan fingerprint density at radius 1 is 1.29 bits per heavy atom. The van der Waals surface area contributed by atoms with Crippen molar-refractivity contribution >= 4 is 42.3 Å². The van der Waals surface area contributed by atoms with E-state index in [4.69, 9.17) is 4.84 Å². The van der Waals surface area contributed by atoms with Gasteiger partial charge in [0.15, 0.2) is 0 Å². The molecule has 0 saturated carbocycles. The molecule has 0 aromatic rings. The van der Waals surface area contributed by atoms with Crippen molar-refractivity contribution in [2.24, 2.45) is 4.99 Å². The number of aliphatic imine (C=N–C) groups is 1. The van der Waals surface area contributed by atoms with Gasteiger partial charge in [0.25, 0.3) is 11.8 Å². The molecular weight excluding hydrogens is 334 g/mol. The fraction of sp³-hybridized carbons (Fsp3) is 0.667. The van der Waals surface area contributed by atoms with Crippen LogP contribution in [0.1, 0.15) is 44.9 Å². The lowest BCUT2D eigenvalue weighted by molar-refractivity contribution is -0.197. The quantitative estimate of drug-likeness (QED) is 0.421. The monoisotopic (exact) mass is 355 g/mol. The summed E-state index contributed by atoms with van der Waals surface area (Å²) in [4.78, 5) is 53.6. The highest BCUT2D eigenvalue weighted by molar-refractivity contribution is 8.00. The fourth-order valence-electron chi connectivity index (χ4n) is 2.67. The van der Waals surface area contributed by atoms with E-state index in [1.165, 1.54) is 0 Å². The van der Waals surface area contributed by atoms with Crippen LogP contribution < -0.4 is 5.32 Å². The molecule has 2 aliphatic heterocycles. The largest absolute Gasteiger partial charge is 0.340 e. The summed E-state index contributed by atoms with van der Waals surface area (Å²) in [5, 5.41) is 3.81. The SMILES string of the molecule is C=NC(=O)N[C@H]1CS[C@@H](CCCCC(=O)ON2C(=O)CCC2=O)C1. The van der Waals surface area contributed by atoms with E-state index in [2.05, 4.69) is 17.0 Å². The molecule has 8 nitrogen and oxygen atoms in total. The molecule has 2 rings (SSSR count). The zero-order chi connectivity index (χ0) is 17.5. The fourth-order valence-corrected chi connectivity index (χ4v) is 4.10. The minimum atomic E-state index is -0.556. The first-order chi connectivity index (χ1) is 11.5. The first-order valence-electron chi connectivity index (χ1n) is 7.95. The number of carbonyl (C=O) groups excluding carboxylic acids is 4. The van der Waals surface area contributed by atoms with Gasteiger partial charge in [-0.2, -0.15) is 11.8 Å². The predicted molar refractivity (Wildman–Crippen MR) is 88.4 cm³/mol. The van der Waals surface area contributed by atoms with E-state index in [9.17, 15) is 19.2 Å². The molecule has 2 atom stereocenters. The molecule has 4 amide bonds. The van der Waals surface area contributed by atoms with E-state index in [1.54, 1.807) is 11.8 Å². The standard InChI is InChI=1S/C15H21N3O5S/c1-16-15(22)17-10-8-11(24-9-10)4-2-3-5-14(21)23-18-12(19)6-7-13(18)20/h10-11H,1-9H2,(H,17,22)/t10-,11+/m1/s1. The molecule has 9 heteroatoms. The van der Waals surface area contributed by atoms with Gasteiger partial charge in [-0.1, -0.05) is 6.42 Å². The van der Waals surface area contributed by atoms with Gasteiger partial charge < -0.3 is 10.2 Å². The maximum atomic E-state index is 11.7. The number of rotatable bonds is 7. The Kier molecular flexibility index (Phi) is 6.77. The third-order valence-electron chi connectivity index (χ3n) is 3.91. The molecule has 0 bridgehead atoms. The summed E-state index contributed by atoms with van der Waals surface area (Å²) in [6, 6.07) is -0.273. The highest BCUT2D eigenvalue weighted by Crippen LogP contribution is 2.30. The number of carbonyl (C=O) groups is 4. The van der Waals surface area contributed by atoms with Crippen LogP contribution in [0.3, 0.4) is 0 Å². The second kappa shape index (κ2) is 8.81. The van der Waals surface area contributed by atoms with Crippen LogP contribution in [-0.2, 0) is 19.2 Å². The predicted octanol–water partition coefficient (Wildman–Crippen LogP) is 1.44. The number of thioether (sulfide) groups is 1. The van der Waals surface area contributed by atoms with Crippen LogP contribution in [0.2, 0.25) is 0 Å². The van der Waals surface area contributed by atoms with Gasteiger partial charge >= 0.3 is 12.0 Å². The number of urea groups is 1. The summed E-state index contributed by atoms with van der Waals surface area (Å²) in [6.45, 7) is 3.19. The third-order valence-corrected chi connectivity index (χ3v) is 5.40. The lowest BCUT2D eigenvalue weighted by Crippen LogP contribution is -2.32. The topological polar surface area (TPSA) is 105 Å². The van der Waals surface area contributed by atoms with Crippen LogP contribution in [0.4, 0.5) is 4.79 Å². The molecule has 0 radical (unpaired) electrons. The van der Waals surface area contributed by atoms with Gasteiger partial charge in [0, 0.05) is 36.3 Å². The summed E-state index contributed by atoms with van der Waals surface area (Å²) in [5.74, 6) is -0.622. The molecule has 0 unspecified atom stereocenters. The van der Waals surface area contributed by atoms with Crippen molar-refractivity contribution in [3.05, 3.63) is 0 Å². The maximum Gasteiger partial charge on any atom is 0.340 e. The van der Waals surface area contributed by atoms with Gasteiger partial charge in [-0.05, 0) is 26.0 Å². The lowest BCUT2D eigenvalue weighted by Gasteiger charge is -2.13. The number of amides is 4. The van der Waals surface area contributed by atoms with E-state index in [-0.39, 0.29) is 25.3 Å². The molecule has 2 saturated heterocycles. The summed E-state index contributed by atoms with van der Waals surface area (Å²) in [5.41, 5.74) is 0. The number of nitrogens with zero attached hydrogens (tertiary/aromatic N) is 2. The molecule has 0 aromatic carbocycles. The van der Waals surface area contributed by atoms with Crippen LogP contribution in [0.25, 0.3) is 0 Å². The molecule has 132 valence electrons. The number of nitrogens with one attached hydrogen (secondary N) is 1. The van der Waals surface area contributed by atoms with Gasteiger partial charge in [0.2, 0.25) is 0 Å². The molecule has 0 aliphatic carbocycles. The van der Waals surface area contributed by atoms with Gasteiger partial charge in [0.1, 0.15) is 0 Å². The second-order valence-corrected chi connectivity index (χ2v) is 7.12. The second-order valence-electron chi connectivity index (χ2n) is 5.79. The molecule has 2 aliphatic rings. The van der Waals surface area contributed by atoms with Gasteiger partial charge in [-0.25, -0.2) is 14.6 Å². The third kappa shape index (κ3) is 5.33. The highest BCUT2D eigenvalue weighted by Gasteiger charge is 2.32. The van der Waals surface area contributed by atoms with E-state index in [1.807, 2.05) is 0 Å². The average molecular weight is 355 g/mol. The zero-order valence-electron chi connectivity index (χ0n) is 13.4. The first-order valence-corrected chi connectivity index (χ1v) is 9.00. The van der Waals surface area contributed by atoms with Crippen molar-refractivity contribution in [3.8, 4) is 0 Å². The number of hydrogen-bond acceptors (Lipinski definition) is 6. The van der Waals surface area contributed by atoms with Crippen molar-refractivity contribution in [1.82, 2.24) is 10.4 Å². The number of imide groups is 1. The van der Waals surface area contributed by atoms with Crippen LogP contribution in [0.5, 0.6) is 0 Å². The van der Waals surface area contributed by atoms with Crippen LogP contribution >= 0.6 is 11.8 Å². The Bertz CT molecular complexity index is 523. The lowest BCUT2D eigenvalue weighted by atomic mass is 10.1. The van der Waals surface area contributed by atoms with Gasteiger partial charge in [-0.15, -0.1) is 5.06 Å². The van der Waals surface area contributed by atoms with Crippen LogP contribution in [0.15, 0.2) is 4.99 Å². The van der Waals surface area contributed by atoms with Crippen LogP contribution in [-0.4, -0.2) is 52.6 Å². The Labute approximate surface area is 144 Å². The first kappa shape index (κ1) is 18.4. The molecule has 0 spiro atoms. The smallest absolute Gasteiger partial charge is 0.333 e. The van der Waals surface area contributed by atoms with E-state index < -0.39 is 23.8 Å². The molecular formula is C15H21N3O5S. The maximum absolute atomic E-state index is 11.7. The minimum Gasteiger partial charge on any atom is -0.333 e. The molecule has 0 aromatic heterocycles. The van der Waals surface area contributed by atoms with E-state index >= 15 is 0 Å². The Morgan fingerprint density at radius 2 is 2.00 bits per heavy atom. The number of hydrogen-bond donors (Lipinski definition) is 1. The Morgan fingerprint density at radius 3 is 2.67 bits per heavy atom. The van der Waals surface area contributed by atoms with Crippen molar-refractivity contribution in [2.75, 3.05) is 5.75 Å². The zero-order valence-corrected chi connectivity index (χ0v) is 14.2. The normalized spacial score (nSPS) is 23.4. The van der Waals surface area contributed by atoms with Gasteiger partial charge in [0.05, 0.1) is 0 Å². The average Bonchev–Trinajstić information content (AvgIpc) is 3.13. The van der Waals surface area contributed by atoms with Gasteiger partial charge in [-0.3, -0.25) is 9.59 Å². The van der Waals surface area contributed by atoms with E-state index in [0.29, 0.717) is 16.7 Å². The molecule has 2 fully saturated rings. The van der Waals surface area contributed by atoms with Crippen LogP contribution in [0, 0.1) is 0 Å². The van der Waals surface area contributed by atoms with E-state index in [0.717, 1.165) is 25.0 Å². The summed E-state index contributed by atoms with van der Waals surface area (Å²) in [6.07, 6.45) is 3.68. The van der Waals surface area contributed by atoms with Crippen molar-refractivity contribution in [3.63, 3.8) is 0 Å². The Hall–Kier alpha value is -1.90. The van der Waals surface area contributed by atoms with Crippen molar-refractivity contribution < 1.29 is 24.0 Å². The molecule has 1 N–H and O–H groups in total. The number of unbranched alkanes of at least 4 members (excludes halogenated alkanes) is 1. The molecule has 2 heterocycles.